The highest BCUT2D eigenvalue weighted by atomic mass is 19.4. The van der Waals surface area contributed by atoms with E-state index in [0.29, 0.717) is 5.57 Å². The maximum Gasteiger partial charge on any atom is 0.443 e. The first-order valence-corrected chi connectivity index (χ1v) is 5.43. The van der Waals surface area contributed by atoms with Gasteiger partial charge in [0.1, 0.15) is 11.7 Å². The summed E-state index contributed by atoms with van der Waals surface area (Å²) >= 11 is 0. The Morgan fingerprint density at radius 1 is 1.00 bits per heavy atom. The SMILES string of the molecule is CC1=CC2=NC(C(F)(F)F)(C(F)(F)F)N=C(C)N2C=C1. The molecule has 0 atom stereocenters. The van der Waals surface area contributed by atoms with Gasteiger partial charge in [-0.15, -0.1) is 0 Å². The van der Waals surface area contributed by atoms with Gasteiger partial charge in [0.15, 0.2) is 0 Å². The summed E-state index contributed by atoms with van der Waals surface area (Å²) in [6.45, 7) is 2.61. The number of halogens is 6. The van der Waals surface area contributed by atoms with Crippen LogP contribution in [0.15, 0.2) is 33.9 Å². The Balaban J connectivity index is 2.67. The van der Waals surface area contributed by atoms with Crippen molar-refractivity contribution in [3.05, 3.63) is 23.9 Å². The number of rotatable bonds is 0. The van der Waals surface area contributed by atoms with Crippen molar-refractivity contribution >= 4 is 11.7 Å². The second-order valence-corrected chi connectivity index (χ2v) is 4.37. The van der Waals surface area contributed by atoms with Crippen LogP contribution in [0.2, 0.25) is 0 Å². The molecule has 0 aromatic rings. The molecule has 0 unspecified atom stereocenters. The fraction of sp³-hybridized carbons (Fsp3) is 0.455. The van der Waals surface area contributed by atoms with E-state index in [1.165, 1.54) is 12.3 Å². The van der Waals surface area contributed by atoms with Gasteiger partial charge >= 0.3 is 18.0 Å². The van der Waals surface area contributed by atoms with Crippen molar-refractivity contribution in [1.29, 1.82) is 0 Å². The zero-order chi connectivity index (χ0) is 15.3. The van der Waals surface area contributed by atoms with Crippen molar-refractivity contribution < 1.29 is 26.3 Å². The van der Waals surface area contributed by atoms with Crippen LogP contribution in [0.4, 0.5) is 26.3 Å². The second kappa shape index (κ2) is 4.10. The van der Waals surface area contributed by atoms with Gasteiger partial charge in [-0.2, -0.15) is 26.3 Å². The van der Waals surface area contributed by atoms with E-state index in [1.807, 2.05) is 0 Å². The van der Waals surface area contributed by atoms with Crippen molar-refractivity contribution in [2.75, 3.05) is 0 Å². The minimum Gasteiger partial charge on any atom is -0.290 e. The maximum atomic E-state index is 12.9. The monoisotopic (exact) mass is 297 g/mol. The quantitative estimate of drug-likeness (QED) is 0.630. The van der Waals surface area contributed by atoms with E-state index >= 15 is 0 Å². The third-order valence-corrected chi connectivity index (χ3v) is 2.83. The summed E-state index contributed by atoms with van der Waals surface area (Å²) in [5.41, 5.74) is -3.95. The first-order valence-electron chi connectivity index (χ1n) is 5.43. The number of aliphatic imine (C=N–C) groups is 2. The molecule has 20 heavy (non-hydrogen) atoms. The summed E-state index contributed by atoms with van der Waals surface area (Å²) < 4.78 is 77.6. The second-order valence-electron chi connectivity index (χ2n) is 4.37. The number of amidine groups is 2. The smallest absolute Gasteiger partial charge is 0.290 e. The standard InChI is InChI=1S/C11H9F6N3/c1-6-3-4-20-7(2)18-9(10(12,13)14,11(15,16)17)19-8(20)5-6/h3-5H,1-2H3. The van der Waals surface area contributed by atoms with Crippen LogP contribution in [0, 0.1) is 0 Å². The molecule has 0 radical (unpaired) electrons. The zero-order valence-electron chi connectivity index (χ0n) is 10.3. The molecule has 0 aromatic heterocycles. The molecule has 0 aliphatic carbocycles. The molecule has 2 rings (SSSR count). The van der Waals surface area contributed by atoms with E-state index in [-0.39, 0.29) is 0 Å². The molecule has 0 fully saturated rings. The van der Waals surface area contributed by atoms with Crippen molar-refractivity contribution in [1.82, 2.24) is 4.90 Å². The lowest BCUT2D eigenvalue weighted by atomic mass is 10.1. The van der Waals surface area contributed by atoms with Crippen LogP contribution < -0.4 is 0 Å². The molecule has 0 saturated heterocycles. The lowest BCUT2D eigenvalue weighted by molar-refractivity contribution is -0.292. The molecule has 0 spiro atoms. The highest BCUT2D eigenvalue weighted by Gasteiger charge is 2.73. The maximum absolute atomic E-state index is 12.9. The number of allylic oxidation sites excluding steroid dienone is 2. The Bertz CT molecular complexity index is 535. The van der Waals surface area contributed by atoms with Crippen molar-refractivity contribution in [3.63, 3.8) is 0 Å². The van der Waals surface area contributed by atoms with Crippen LogP contribution in [0.5, 0.6) is 0 Å². The number of hydrogen-bond acceptors (Lipinski definition) is 3. The minimum atomic E-state index is -5.67. The van der Waals surface area contributed by atoms with Gasteiger partial charge in [-0.25, -0.2) is 9.98 Å². The average Bonchev–Trinajstić information content (AvgIpc) is 2.24. The van der Waals surface area contributed by atoms with E-state index in [9.17, 15) is 26.3 Å². The van der Waals surface area contributed by atoms with Crippen LogP contribution in [0.3, 0.4) is 0 Å². The minimum absolute atomic E-state index is 0.426. The fourth-order valence-corrected chi connectivity index (χ4v) is 1.84. The number of hydrogen-bond donors (Lipinski definition) is 0. The molecule has 110 valence electrons. The van der Waals surface area contributed by atoms with E-state index < -0.39 is 29.7 Å². The topological polar surface area (TPSA) is 28.0 Å². The van der Waals surface area contributed by atoms with Crippen LogP contribution >= 0.6 is 0 Å². The Morgan fingerprint density at radius 3 is 2.05 bits per heavy atom. The van der Waals surface area contributed by atoms with E-state index in [2.05, 4.69) is 9.98 Å². The Kier molecular flexibility index (Phi) is 2.99. The molecule has 9 heteroatoms. The molecule has 0 amide bonds. The Labute approximate surface area is 110 Å². The van der Waals surface area contributed by atoms with Crippen molar-refractivity contribution in [2.24, 2.45) is 9.98 Å². The van der Waals surface area contributed by atoms with E-state index in [4.69, 9.17) is 0 Å². The molecule has 2 aliphatic rings. The zero-order valence-corrected chi connectivity index (χ0v) is 10.3. The third-order valence-electron chi connectivity index (χ3n) is 2.83. The molecular formula is C11H9F6N3. The summed E-state index contributed by atoms with van der Waals surface area (Å²) in [6, 6.07) is 0. The number of nitrogens with zero attached hydrogens (tertiary/aromatic N) is 3. The lowest BCUT2D eigenvalue weighted by Gasteiger charge is -2.37. The lowest BCUT2D eigenvalue weighted by Crippen LogP contribution is -2.58. The highest BCUT2D eigenvalue weighted by Crippen LogP contribution is 2.48. The summed E-state index contributed by atoms with van der Waals surface area (Å²) in [4.78, 5) is 6.72. The summed E-state index contributed by atoms with van der Waals surface area (Å²) in [7, 11) is 0. The molecule has 0 saturated carbocycles. The average molecular weight is 297 g/mol. The number of fused-ring (bicyclic) bond motifs is 1. The van der Waals surface area contributed by atoms with Gasteiger partial charge in [-0.05, 0) is 31.6 Å². The molecule has 0 aromatic carbocycles. The molecule has 0 N–H and O–H groups in total. The summed E-state index contributed by atoms with van der Waals surface area (Å²) in [6.07, 6.45) is -7.34. The fourth-order valence-electron chi connectivity index (χ4n) is 1.84. The van der Waals surface area contributed by atoms with Gasteiger partial charge in [0.25, 0.3) is 0 Å². The first kappa shape index (κ1) is 14.6. The first-order chi connectivity index (χ1) is 8.98. The van der Waals surface area contributed by atoms with Crippen LogP contribution in [-0.4, -0.2) is 34.6 Å². The number of alkyl halides is 6. The van der Waals surface area contributed by atoms with Crippen molar-refractivity contribution in [3.8, 4) is 0 Å². The summed E-state index contributed by atoms with van der Waals surface area (Å²) in [5.74, 6) is -0.864. The van der Waals surface area contributed by atoms with E-state index in [0.717, 1.165) is 17.9 Å². The Hall–Kier alpha value is -1.80. The van der Waals surface area contributed by atoms with Gasteiger partial charge in [0, 0.05) is 6.20 Å². The molecular weight excluding hydrogens is 288 g/mol. The Morgan fingerprint density at radius 2 is 1.55 bits per heavy atom. The molecule has 0 bridgehead atoms. The van der Waals surface area contributed by atoms with Gasteiger partial charge in [0.05, 0.1) is 0 Å². The van der Waals surface area contributed by atoms with Crippen LogP contribution in [0.25, 0.3) is 0 Å². The third kappa shape index (κ3) is 2.01. The predicted octanol–water partition coefficient (Wildman–Crippen LogP) is 3.41. The van der Waals surface area contributed by atoms with E-state index in [1.54, 1.807) is 6.92 Å². The van der Waals surface area contributed by atoms with Crippen LogP contribution in [0.1, 0.15) is 13.8 Å². The van der Waals surface area contributed by atoms with Gasteiger partial charge in [0.2, 0.25) is 0 Å². The highest BCUT2D eigenvalue weighted by molar-refractivity contribution is 6.09. The van der Waals surface area contributed by atoms with Gasteiger partial charge in [-0.1, -0.05) is 0 Å². The van der Waals surface area contributed by atoms with Crippen LogP contribution in [-0.2, 0) is 0 Å². The normalized spacial score (nSPS) is 22.0. The largest absolute Gasteiger partial charge is 0.443 e. The molecule has 2 aliphatic heterocycles. The van der Waals surface area contributed by atoms with Crippen molar-refractivity contribution in [2.45, 2.75) is 31.9 Å². The van der Waals surface area contributed by atoms with Gasteiger partial charge in [-0.3, -0.25) is 4.90 Å². The summed E-state index contributed by atoms with van der Waals surface area (Å²) in [5, 5.41) is 0. The molecule has 3 nitrogen and oxygen atoms in total. The predicted molar refractivity (Wildman–Crippen MR) is 60.1 cm³/mol. The molecule has 2 heterocycles. The van der Waals surface area contributed by atoms with Gasteiger partial charge < -0.3 is 0 Å².